The summed E-state index contributed by atoms with van der Waals surface area (Å²) in [4.78, 5) is 40.3. The Morgan fingerprint density at radius 2 is 1.83 bits per heavy atom. The van der Waals surface area contributed by atoms with E-state index < -0.39 is 9.84 Å². The van der Waals surface area contributed by atoms with Crippen LogP contribution in [0.25, 0.3) is 0 Å². The summed E-state index contributed by atoms with van der Waals surface area (Å²) < 4.78 is 25.0. The molecule has 2 aromatic rings. The number of benzene rings is 1. The molecule has 0 spiro atoms. The van der Waals surface area contributed by atoms with Crippen molar-refractivity contribution in [2.24, 2.45) is 0 Å². The van der Waals surface area contributed by atoms with Gasteiger partial charge in [-0.3, -0.25) is 9.69 Å². The lowest BCUT2D eigenvalue weighted by Gasteiger charge is -2.36. The summed E-state index contributed by atoms with van der Waals surface area (Å²) >= 11 is 0. The van der Waals surface area contributed by atoms with Crippen molar-refractivity contribution >= 4 is 50.6 Å². The number of hydrogen-bond donors (Lipinski definition) is 3. The summed E-state index contributed by atoms with van der Waals surface area (Å²) in [5.41, 5.74) is 1.33. The quantitative estimate of drug-likeness (QED) is 0.426. The Morgan fingerprint density at radius 3 is 2.54 bits per heavy atom. The van der Waals surface area contributed by atoms with Crippen molar-refractivity contribution in [2.45, 2.75) is 75.4 Å². The van der Waals surface area contributed by atoms with Gasteiger partial charge in [0.2, 0.25) is 11.9 Å². The molecule has 3 aliphatic rings. The third-order valence-corrected chi connectivity index (χ3v) is 9.34. The third kappa shape index (κ3) is 6.56. The fourth-order valence-electron chi connectivity index (χ4n) is 6.03. The first-order valence-electron chi connectivity index (χ1n) is 14.3. The maximum atomic E-state index is 12.9. The fraction of sp³-hybridized carbons (Fsp3) is 0.571. The van der Waals surface area contributed by atoms with Crippen molar-refractivity contribution in [3.05, 3.63) is 24.4 Å². The summed E-state index contributed by atoms with van der Waals surface area (Å²) in [6.45, 7) is 5.79. The van der Waals surface area contributed by atoms with E-state index in [9.17, 15) is 18.0 Å². The summed E-state index contributed by atoms with van der Waals surface area (Å²) in [6.07, 6.45) is 9.91. The van der Waals surface area contributed by atoms with Gasteiger partial charge in [-0.1, -0.05) is 12.8 Å². The predicted molar refractivity (Wildman–Crippen MR) is 160 cm³/mol. The van der Waals surface area contributed by atoms with Gasteiger partial charge in [-0.25, -0.2) is 18.2 Å². The van der Waals surface area contributed by atoms with E-state index in [0.717, 1.165) is 25.6 Å². The van der Waals surface area contributed by atoms with Crippen LogP contribution in [0.15, 0.2) is 29.3 Å². The largest absolute Gasteiger partial charge is 0.343 e. The molecular formula is C28H40N8O4S. The number of carbonyl (C=O) groups excluding carboxylic acids is 2. The van der Waals surface area contributed by atoms with Gasteiger partial charge in [0.1, 0.15) is 5.69 Å². The molecule has 12 nitrogen and oxygen atoms in total. The first-order chi connectivity index (χ1) is 19.5. The van der Waals surface area contributed by atoms with E-state index in [1.165, 1.54) is 42.7 Å². The van der Waals surface area contributed by atoms with Crippen molar-refractivity contribution in [1.29, 1.82) is 0 Å². The van der Waals surface area contributed by atoms with Gasteiger partial charge < -0.3 is 25.8 Å². The lowest BCUT2D eigenvalue weighted by molar-refractivity contribution is -0.117. The number of hydrogen-bond acceptors (Lipinski definition) is 9. The first kappa shape index (κ1) is 29.1. The normalized spacial score (nSPS) is 20.0. The number of likely N-dealkylation sites (N-methyl/N-ethyl adjacent to an activating group) is 1. The summed E-state index contributed by atoms with van der Waals surface area (Å²) in [5.74, 6) is 0.797. The number of anilines is 5. The van der Waals surface area contributed by atoms with Crippen LogP contribution >= 0.6 is 0 Å². The van der Waals surface area contributed by atoms with Gasteiger partial charge >= 0.3 is 6.03 Å². The van der Waals surface area contributed by atoms with Gasteiger partial charge in [0.25, 0.3) is 0 Å². The molecular weight excluding hydrogens is 544 g/mol. The third-order valence-electron chi connectivity index (χ3n) is 8.25. The molecule has 222 valence electrons. The molecule has 1 saturated heterocycles. The molecule has 3 heterocycles. The van der Waals surface area contributed by atoms with Crippen molar-refractivity contribution < 1.29 is 18.0 Å². The number of likely N-dealkylation sites (tertiary alicyclic amines) is 1. The van der Waals surface area contributed by atoms with Crippen LogP contribution in [0.3, 0.4) is 0 Å². The summed E-state index contributed by atoms with van der Waals surface area (Å²) in [7, 11) is -1.89. The van der Waals surface area contributed by atoms with E-state index >= 15 is 0 Å². The average Bonchev–Trinajstić information content (AvgIpc) is 3.61. The van der Waals surface area contributed by atoms with Gasteiger partial charge in [0, 0.05) is 49.3 Å². The zero-order valence-corrected chi connectivity index (χ0v) is 25.0. The second-order valence-corrected chi connectivity index (χ2v) is 13.5. The molecule has 3 N–H and O–H groups in total. The second kappa shape index (κ2) is 11.8. The Balaban J connectivity index is 1.32. The highest BCUT2D eigenvalue weighted by atomic mass is 32.2. The number of amides is 3. The van der Waals surface area contributed by atoms with Crippen LogP contribution < -0.4 is 25.8 Å². The first-order valence-corrected chi connectivity index (χ1v) is 16.2. The molecule has 1 aromatic carbocycles. The molecule has 0 unspecified atom stereocenters. The Kier molecular flexibility index (Phi) is 8.37. The highest BCUT2D eigenvalue weighted by Gasteiger charge is 2.33. The van der Waals surface area contributed by atoms with Gasteiger partial charge in [-0.15, -0.1) is 0 Å². The minimum absolute atomic E-state index is 0.0338. The van der Waals surface area contributed by atoms with E-state index in [2.05, 4.69) is 30.8 Å². The van der Waals surface area contributed by atoms with Crippen LogP contribution in [0.4, 0.5) is 33.6 Å². The molecule has 41 heavy (non-hydrogen) atoms. The molecule has 1 aliphatic carbocycles. The van der Waals surface area contributed by atoms with Crippen LogP contribution in [0.5, 0.6) is 0 Å². The van der Waals surface area contributed by atoms with Crippen LogP contribution in [0.1, 0.15) is 52.4 Å². The molecule has 3 amide bonds. The second-order valence-electron chi connectivity index (χ2n) is 11.5. The van der Waals surface area contributed by atoms with Crippen molar-refractivity contribution in [3.63, 3.8) is 0 Å². The van der Waals surface area contributed by atoms with Crippen LogP contribution in [-0.4, -0.2) is 86.3 Å². The van der Waals surface area contributed by atoms with Crippen molar-refractivity contribution in [1.82, 2.24) is 20.2 Å². The Labute approximate surface area is 241 Å². The minimum Gasteiger partial charge on any atom is -0.343 e. The van der Waals surface area contributed by atoms with E-state index in [4.69, 9.17) is 0 Å². The molecule has 0 radical (unpaired) electrons. The number of nitrogens with one attached hydrogen (secondary N) is 3. The number of carbonyl (C=O) groups is 2. The summed E-state index contributed by atoms with van der Waals surface area (Å²) in [6, 6.07) is 5.16. The highest BCUT2D eigenvalue weighted by molar-refractivity contribution is 7.90. The predicted octanol–water partition coefficient (Wildman–Crippen LogP) is 3.34. The molecule has 5 rings (SSSR count). The lowest BCUT2D eigenvalue weighted by atomic mass is 10.1. The molecule has 2 fully saturated rings. The zero-order chi connectivity index (χ0) is 29.3. The standard InChI is InChI=1S/C28H40N8O4S/c1-18(2)36-17-25(37)34(3)24-16-29-27(33-26(24)36)31-19-12-20(14-23(13-19)41(4,39)40)32-28(38)30-15-22-10-7-11-35(22)21-8-5-6-9-21/h12-14,16,18,21-22H,5-11,15,17H2,1-4H3,(H,29,31,33)(H2,30,32,38)/t22-/m1/s1. The molecule has 1 saturated carbocycles. The number of urea groups is 1. The van der Waals surface area contributed by atoms with Gasteiger partial charge in [-0.2, -0.15) is 4.98 Å². The van der Waals surface area contributed by atoms with E-state index in [1.54, 1.807) is 19.3 Å². The van der Waals surface area contributed by atoms with Crippen molar-refractivity contribution in [2.75, 3.05) is 53.4 Å². The topological polar surface area (TPSA) is 140 Å². The SMILES string of the molecule is CC(C)N1CC(=O)N(C)c2cnc(Nc3cc(NC(=O)NC[C@H]4CCCN4C4CCCC4)cc(S(C)(=O)=O)c3)nc21. The van der Waals surface area contributed by atoms with Crippen LogP contribution in [-0.2, 0) is 14.6 Å². The number of aromatic nitrogens is 2. The molecule has 13 heteroatoms. The monoisotopic (exact) mass is 584 g/mol. The smallest absolute Gasteiger partial charge is 0.319 e. The van der Waals surface area contributed by atoms with Crippen molar-refractivity contribution in [3.8, 4) is 0 Å². The van der Waals surface area contributed by atoms with Gasteiger partial charge in [-0.05, 0) is 64.3 Å². The Morgan fingerprint density at radius 1 is 1.10 bits per heavy atom. The number of rotatable bonds is 8. The molecule has 0 bridgehead atoms. The number of fused-ring (bicyclic) bond motifs is 1. The maximum Gasteiger partial charge on any atom is 0.319 e. The molecule has 1 atom stereocenters. The average molecular weight is 585 g/mol. The minimum atomic E-state index is -3.58. The fourth-order valence-corrected chi connectivity index (χ4v) is 6.71. The van der Waals surface area contributed by atoms with E-state index in [-0.39, 0.29) is 35.4 Å². The molecule has 2 aliphatic heterocycles. The van der Waals surface area contributed by atoms with Crippen LogP contribution in [0.2, 0.25) is 0 Å². The van der Waals surface area contributed by atoms with Crippen LogP contribution in [0, 0.1) is 0 Å². The zero-order valence-electron chi connectivity index (χ0n) is 24.2. The lowest BCUT2D eigenvalue weighted by Crippen LogP contribution is -2.47. The summed E-state index contributed by atoms with van der Waals surface area (Å²) in [5, 5.41) is 8.88. The number of nitrogens with zero attached hydrogens (tertiary/aromatic N) is 5. The van der Waals surface area contributed by atoms with Gasteiger partial charge in [0.05, 0.1) is 17.6 Å². The maximum absolute atomic E-state index is 12.9. The van der Waals surface area contributed by atoms with Gasteiger partial charge in [0.15, 0.2) is 15.7 Å². The van der Waals surface area contributed by atoms with E-state index in [1.807, 2.05) is 18.7 Å². The highest BCUT2D eigenvalue weighted by Crippen LogP contribution is 2.34. The Bertz CT molecular complexity index is 1410. The van der Waals surface area contributed by atoms with E-state index in [0.29, 0.717) is 41.5 Å². The Hall–Kier alpha value is -3.45. The molecule has 1 aromatic heterocycles. The number of sulfone groups is 1.